The molecule has 0 saturated heterocycles. The minimum absolute atomic E-state index is 0. The van der Waals surface area contributed by atoms with E-state index in [1.165, 1.54) is 12.8 Å². The van der Waals surface area contributed by atoms with Gasteiger partial charge in [-0.1, -0.05) is 13.8 Å². The van der Waals surface area contributed by atoms with Crippen LogP contribution in [-0.4, -0.2) is 35.8 Å². The topological polar surface area (TPSA) is 3.24 Å². The van der Waals surface area contributed by atoms with Crippen LogP contribution < -0.4 is 0 Å². The molecular formula is C9H21Cl4N. The maximum absolute atomic E-state index is 5.71. The first kappa shape index (κ1) is 20.5. The molecule has 0 atom stereocenters. The second-order valence-electron chi connectivity index (χ2n) is 2.88. The molecule has 90 valence electrons. The van der Waals surface area contributed by atoms with Gasteiger partial charge >= 0.3 is 0 Å². The van der Waals surface area contributed by atoms with Gasteiger partial charge in [-0.3, -0.25) is 4.90 Å². The van der Waals surface area contributed by atoms with Crippen LogP contribution >= 0.6 is 48.0 Å². The highest BCUT2D eigenvalue weighted by molar-refractivity contribution is 6.18. The fourth-order valence-electron chi connectivity index (χ4n) is 1.50. The first-order valence-electron chi connectivity index (χ1n) is 4.66. The Morgan fingerprint density at radius 1 is 0.929 bits per heavy atom. The quantitative estimate of drug-likeness (QED) is 0.643. The fraction of sp³-hybridized carbons (Fsp3) is 1.00. The SMILES string of the molecule is CCC(CC)N(CCCl)CCCl.Cl.Cl. The third kappa shape index (κ3) is 8.43. The molecule has 0 unspecified atom stereocenters. The minimum Gasteiger partial charge on any atom is -0.298 e. The van der Waals surface area contributed by atoms with Crippen LogP contribution in [0.1, 0.15) is 26.7 Å². The Bertz CT molecular complexity index is 92.8. The van der Waals surface area contributed by atoms with Crippen molar-refractivity contribution in [3.8, 4) is 0 Å². The van der Waals surface area contributed by atoms with E-state index in [1.54, 1.807) is 0 Å². The van der Waals surface area contributed by atoms with E-state index < -0.39 is 0 Å². The third-order valence-electron chi connectivity index (χ3n) is 2.20. The second-order valence-corrected chi connectivity index (χ2v) is 3.64. The summed E-state index contributed by atoms with van der Waals surface area (Å²) in [7, 11) is 0. The molecule has 0 N–H and O–H groups in total. The Balaban J connectivity index is -0.000000605. The molecule has 0 aromatic carbocycles. The first-order chi connectivity index (χ1) is 5.79. The number of rotatable bonds is 7. The average Bonchev–Trinajstić information content (AvgIpc) is 2.07. The van der Waals surface area contributed by atoms with Crippen LogP contribution in [0.25, 0.3) is 0 Å². The van der Waals surface area contributed by atoms with Gasteiger partial charge in [0, 0.05) is 30.9 Å². The van der Waals surface area contributed by atoms with Crippen molar-refractivity contribution in [2.45, 2.75) is 32.7 Å². The second kappa shape index (κ2) is 14.1. The zero-order valence-corrected chi connectivity index (χ0v) is 12.0. The molecule has 0 aromatic rings. The summed E-state index contributed by atoms with van der Waals surface area (Å²) in [6.07, 6.45) is 2.37. The number of nitrogens with zero attached hydrogens (tertiary/aromatic N) is 1. The average molecular weight is 285 g/mol. The Morgan fingerprint density at radius 3 is 1.50 bits per heavy atom. The Hall–Kier alpha value is 1.12. The molecule has 0 heterocycles. The monoisotopic (exact) mass is 283 g/mol. The lowest BCUT2D eigenvalue weighted by Crippen LogP contribution is -2.37. The van der Waals surface area contributed by atoms with E-state index in [2.05, 4.69) is 18.7 Å². The van der Waals surface area contributed by atoms with Crippen LogP contribution in [0.5, 0.6) is 0 Å². The van der Waals surface area contributed by atoms with Gasteiger partial charge < -0.3 is 0 Å². The molecule has 14 heavy (non-hydrogen) atoms. The van der Waals surface area contributed by atoms with Crippen molar-refractivity contribution in [3.05, 3.63) is 0 Å². The third-order valence-corrected chi connectivity index (χ3v) is 2.54. The molecule has 5 heteroatoms. The van der Waals surface area contributed by atoms with E-state index in [-0.39, 0.29) is 24.8 Å². The maximum atomic E-state index is 5.71. The summed E-state index contributed by atoms with van der Waals surface area (Å²) in [6.45, 7) is 6.34. The van der Waals surface area contributed by atoms with Crippen molar-refractivity contribution in [3.63, 3.8) is 0 Å². The molecule has 0 bridgehead atoms. The Kier molecular flexibility index (Phi) is 20.7. The van der Waals surface area contributed by atoms with Crippen LogP contribution in [-0.2, 0) is 0 Å². The lowest BCUT2D eigenvalue weighted by Gasteiger charge is -2.28. The molecule has 0 spiro atoms. The molecule has 0 amide bonds. The van der Waals surface area contributed by atoms with Gasteiger partial charge in [0.2, 0.25) is 0 Å². The molecule has 0 aliphatic carbocycles. The molecule has 0 radical (unpaired) electrons. The van der Waals surface area contributed by atoms with Gasteiger partial charge in [0.05, 0.1) is 0 Å². The molecule has 1 nitrogen and oxygen atoms in total. The lowest BCUT2D eigenvalue weighted by molar-refractivity contribution is 0.208. The van der Waals surface area contributed by atoms with Crippen LogP contribution in [0, 0.1) is 0 Å². The summed E-state index contributed by atoms with van der Waals surface area (Å²) in [4.78, 5) is 2.38. The predicted molar refractivity (Wildman–Crippen MR) is 71.9 cm³/mol. The van der Waals surface area contributed by atoms with E-state index in [1.807, 2.05) is 0 Å². The summed E-state index contributed by atoms with van der Waals surface area (Å²) in [5, 5.41) is 0. The van der Waals surface area contributed by atoms with E-state index in [0.29, 0.717) is 17.8 Å². The summed E-state index contributed by atoms with van der Waals surface area (Å²) < 4.78 is 0. The fourth-order valence-corrected chi connectivity index (χ4v) is 1.93. The largest absolute Gasteiger partial charge is 0.298 e. The molecule has 0 aliphatic rings. The molecule has 0 saturated carbocycles. The van der Waals surface area contributed by atoms with E-state index >= 15 is 0 Å². The summed E-state index contributed by atoms with van der Waals surface area (Å²) >= 11 is 11.4. The predicted octanol–water partition coefficient (Wildman–Crippen LogP) is 3.80. The van der Waals surface area contributed by atoms with Gasteiger partial charge in [-0.25, -0.2) is 0 Å². The van der Waals surface area contributed by atoms with Gasteiger partial charge in [-0.05, 0) is 12.8 Å². The highest BCUT2D eigenvalue weighted by Gasteiger charge is 2.12. The van der Waals surface area contributed by atoms with E-state index in [0.717, 1.165) is 13.1 Å². The number of alkyl halides is 2. The number of hydrogen-bond donors (Lipinski definition) is 0. The Labute approximate surface area is 110 Å². The van der Waals surface area contributed by atoms with Gasteiger partial charge in [0.15, 0.2) is 0 Å². The zero-order chi connectivity index (χ0) is 9.40. The van der Waals surface area contributed by atoms with Gasteiger partial charge in [0.25, 0.3) is 0 Å². The van der Waals surface area contributed by atoms with E-state index in [9.17, 15) is 0 Å². The van der Waals surface area contributed by atoms with E-state index in [4.69, 9.17) is 23.2 Å². The molecule has 0 fully saturated rings. The van der Waals surface area contributed by atoms with Gasteiger partial charge in [-0.15, -0.1) is 48.0 Å². The van der Waals surface area contributed by atoms with Crippen molar-refractivity contribution < 1.29 is 0 Å². The van der Waals surface area contributed by atoms with Crippen molar-refractivity contribution in [2.24, 2.45) is 0 Å². The van der Waals surface area contributed by atoms with Crippen LogP contribution in [0.2, 0.25) is 0 Å². The molecule has 0 rings (SSSR count). The summed E-state index contributed by atoms with van der Waals surface area (Å²) in [5.41, 5.74) is 0. The zero-order valence-electron chi connectivity index (χ0n) is 8.84. The smallest absolute Gasteiger partial charge is 0.0351 e. The standard InChI is InChI=1S/C9H19Cl2N.2ClH/c1-3-9(4-2)12(7-5-10)8-6-11;;/h9H,3-8H2,1-2H3;2*1H. The summed E-state index contributed by atoms with van der Waals surface area (Å²) in [6, 6.07) is 0.655. The Morgan fingerprint density at radius 2 is 1.29 bits per heavy atom. The highest BCUT2D eigenvalue weighted by Crippen LogP contribution is 2.08. The van der Waals surface area contributed by atoms with Crippen LogP contribution in [0.15, 0.2) is 0 Å². The molecule has 0 aliphatic heterocycles. The van der Waals surface area contributed by atoms with Crippen molar-refractivity contribution in [1.29, 1.82) is 0 Å². The number of halogens is 4. The lowest BCUT2D eigenvalue weighted by atomic mass is 10.1. The van der Waals surface area contributed by atoms with Crippen molar-refractivity contribution >= 4 is 48.0 Å². The summed E-state index contributed by atoms with van der Waals surface area (Å²) in [5.74, 6) is 1.40. The highest BCUT2D eigenvalue weighted by atomic mass is 35.5. The number of hydrogen-bond acceptors (Lipinski definition) is 1. The van der Waals surface area contributed by atoms with Crippen molar-refractivity contribution in [1.82, 2.24) is 4.90 Å². The molecule has 0 aromatic heterocycles. The first-order valence-corrected chi connectivity index (χ1v) is 5.72. The minimum atomic E-state index is 0. The van der Waals surface area contributed by atoms with Gasteiger partial charge in [-0.2, -0.15) is 0 Å². The normalized spacial score (nSPS) is 9.86. The van der Waals surface area contributed by atoms with Crippen LogP contribution in [0.4, 0.5) is 0 Å². The van der Waals surface area contributed by atoms with Gasteiger partial charge in [0.1, 0.15) is 0 Å². The van der Waals surface area contributed by atoms with Crippen LogP contribution in [0.3, 0.4) is 0 Å². The molecular weight excluding hydrogens is 264 g/mol. The maximum Gasteiger partial charge on any atom is 0.0351 e. The van der Waals surface area contributed by atoms with Crippen molar-refractivity contribution in [2.75, 3.05) is 24.8 Å².